The first-order valence-electron chi connectivity index (χ1n) is 5.76. The highest BCUT2D eigenvalue weighted by Crippen LogP contribution is 2.40. The Bertz CT molecular complexity index is 382. The Labute approximate surface area is 90.3 Å². The second kappa shape index (κ2) is 3.12. The quantitative estimate of drug-likeness (QED) is 0.680. The number of fused-ring (bicyclic) bond motifs is 1. The van der Waals surface area contributed by atoms with Crippen molar-refractivity contribution >= 4 is 11.5 Å². The van der Waals surface area contributed by atoms with E-state index in [0.29, 0.717) is 5.54 Å². The lowest BCUT2D eigenvalue weighted by molar-refractivity contribution is 0.267. The molecule has 2 heterocycles. The second-order valence-electron chi connectivity index (χ2n) is 4.84. The van der Waals surface area contributed by atoms with Crippen LogP contribution in [-0.2, 0) is 0 Å². The minimum Gasteiger partial charge on any atom is -0.382 e. The van der Waals surface area contributed by atoms with Crippen molar-refractivity contribution in [1.82, 2.24) is 4.98 Å². The number of pyridine rings is 1. The van der Waals surface area contributed by atoms with Gasteiger partial charge in [-0.25, -0.2) is 4.98 Å². The zero-order valence-electron chi connectivity index (χ0n) is 9.14. The molecule has 0 atom stereocenters. The lowest BCUT2D eigenvalue weighted by Gasteiger charge is -2.42. The number of rotatable bonds is 0. The molecule has 1 aromatic heterocycles. The molecule has 15 heavy (non-hydrogen) atoms. The van der Waals surface area contributed by atoms with Gasteiger partial charge >= 0.3 is 0 Å². The monoisotopic (exact) mass is 203 g/mol. The lowest BCUT2D eigenvalue weighted by Crippen LogP contribution is -2.45. The molecule has 0 saturated heterocycles. The molecule has 0 aromatic carbocycles. The van der Waals surface area contributed by atoms with Crippen LogP contribution in [0, 0.1) is 6.92 Å². The standard InChI is InChI=1S/C12H17N3/c1-9-7-10-11(14-8-9)15-12(3-2-4-12)5-6-13-10/h7-8,13H,2-6H2,1H3,(H,14,15). The van der Waals surface area contributed by atoms with Crippen LogP contribution in [0.1, 0.15) is 31.2 Å². The van der Waals surface area contributed by atoms with Crippen LogP contribution < -0.4 is 10.6 Å². The van der Waals surface area contributed by atoms with E-state index in [1.807, 2.05) is 6.20 Å². The van der Waals surface area contributed by atoms with Gasteiger partial charge in [-0.05, 0) is 44.2 Å². The van der Waals surface area contributed by atoms with Crippen LogP contribution in [0.4, 0.5) is 11.5 Å². The molecule has 2 aliphatic rings. The maximum atomic E-state index is 4.48. The molecule has 1 aliphatic heterocycles. The van der Waals surface area contributed by atoms with Crippen LogP contribution in [0.3, 0.4) is 0 Å². The van der Waals surface area contributed by atoms with Gasteiger partial charge in [-0.15, -0.1) is 0 Å². The molecule has 3 nitrogen and oxygen atoms in total. The molecular weight excluding hydrogens is 186 g/mol. The fourth-order valence-electron chi connectivity index (χ4n) is 2.53. The van der Waals surface area contributed by atoms with Crippen molar-refractivity contribution in [2.45, 2.75) is 38.1 Å². The van der Waals surface area contributed by atoms with E-state index in [1.165, 1.54) is 36.9 Å². The molecule has 0 amide bonds. The van der Waals surface area contributed by atoms with Gasteiger partial charge in [0.25, 0.3) is 0 Å². The molecule has 0 bridgehead atoms. The predicted octanol–water partition coefficient (Wildman–Crippen LogP) is 2.54. The van der Waals surface area contributed by atoms with Crippen molar-refractivity contribution < 1.29 is 0 Å². The minimum atomic E-state index is 0.348. The Kier molecular flexibility index (Phi) is 1.87. The Hall–Kier alpha value is -1.25. The van der Waals surface area contributed by atoms with Gasteiger partial charge in [0.1, 0.15) is 5.82 Å². The molecule has 1 fully saturated rings. The van der Waals surface area contributed by atoms with Crippen LogP contribution in [0.15, 0.2) is 12.3 Å². The van der Waals surface area contributed by atoms with E-state index in [1.54, 1.807) is 0 Å². The van der Waals surface area contributed by atoms with Crippen molar-refractivity contribution in [2.24, 2.45) is 0 Å². The fraction of sp³-hybridized carbons (Fsp3) is 0.583. The third-order valence-corrected chi connectivity index (χ3v) is 3.64. The maximum Gasteiger partial charge on any atom is 0.149 e. The highest BCUT2D eigenvalue weighted by molar-refractivity contribution is 5.67. The van der Waals surface area contributed by atoms with E-state index >= 15 is 0 Å². The summed E-state index contributed by atoms with van der Waals surface area (Å²) in [5.41, 5.74) is 2.73. The molecule has 3 heteroatoms. The zero-order valence-corrected chi connectivity index (χ0v) is 9.14. The summed E-state index contributed by atoms with van der Waals surface area (Å²) in [6, 6.07) is 2.17. The number of hydrogen-bond acceptors (Lipinski definition) is 3. The predicted molar refractivity (Wildman–Crippen MR) is 62.3 cm³/mol. The molecule has 0 radical (unpaired) electrons. The molecule has 1 aromatic rings. The van der Waals surface area contributed by atoms with E-state index in [-0.39, 0.29) is 0 Å². The smallest absolute Gasteiger partial charge is 0.149 e. The Morgan fingerprint density at radius 2 is 2.20 bits per heavy atom. The van der Waals surface area contributed by atoms with E-state index in [0.717, 1.165) is 12.4 Å². The molecule has 3 rings (SSSR count). The highest BCUT2D eigenvalue weighted by atomic mass is 15.1. The van der Waals surface area contributed by atoms with Crippen LogP contribution in [0.5, 0.6) is 0 Å². The zero-order chi connectivity index (χ0) is 10.3. The Morgan fingerprint density at radius 3 is 2.93 bits per heavy atom. The molecule has 1 saturated carbocycles. The van der Waals surface area contributed by atoms with E-state index in [4.69, 9.17) is 0 Å². The number of anilines is 2. The summed E-state index contributed by atoms with van der Waals surface area (Å²) < 4.78 is 0. The van der Waals surface area contributed by atoms with Crippen molar-refractivity contribution in [1.29, 1.82) is 0 Å². The van der Waals surface area contributed by atoms with Crippen LogP contribution in [0.25, 0.3) is 0 Å². The summed E-state index contributed by atoms with van der Waals surface area (Å²) in [6.45, 7) is 3.14. The SMILES string of the molecule is Cc1cnc2c(c1)NCCC1(CCC1)N2. The summed E-state index contributed by atoms with van der Waals surface area (Å²) in [7, 11) is 0. The summed E-state index contributed by atoms with van der Waals surface area (Å²) in [5, 5.41) is 7.09. The number of hydrogen-bond donors (Lipinski definition) is 2. The normalized spacial score (nSPS) is 21.9. The lowest BCUT2D eigenvalue weighted by atomic mass is 9.74. The third kappa shape index (κ3) is 1.46. The number of nitrogens with zero attached hydrogens (tertiary/aromatic N) is 1. The highest BCUT2D eigenvalue weighted by Gasteiger charge is 2.38. The van der Waals surface area contributed by atoms with Gasteiger partial charge in [-0.1, -0.05) is 0 Å². The van der Waals surface area contributed by atoms with Gasteiger partial charge in [0.15, 0.2) is 0 Å². The average Bonchev–Trinajstić information content (AvgIpc) is 2.35. The number of nitrogens with one attached hydrogen (secondary N) is 2. The first-order valence-corrected chi connectivity index (χ1v) is 5.76. The summed E-state index contributed by atoms with van der Waals surface area (Å²) in [5.74, 6) is 1.04. The summed E-state index contributed by atoms with van der Waals surface area (Å²) in [6.07, 6.45) is 7.09. The number of aryl methyl sites for hydroxylation is 1. The molecule has 80 valence electrons. The molecule has 0 unspecified atom stereocenters. The molecule has 2 N–H and O–H groups in total. The van der Waals surface area contributed by atoms with Crippen LogP contribution >= 0.6 is 0 Å². The third-order valence-electron chi connectivity index (χ3n) is 3.64. The Balaban J connectivity index is 1.95. The van der Waals surface area contributed by atoms with Gasteiger partial charge in [0.2, 0.25) is 0 Å². The average molecular weight is 203 g/mol. The van der Waals surface area contributed by atoms with Gasteiger partial charge in [0, 0.05) is 18.3 Å². The van der Waals surface area contributed by atoms with E-state index in [9.17, 15) is 0 Å². The Morgan fingerprint density at radius 1 is 1.33 bits per heavy atom. The maximum absolute atomic E-state index is 4.48. The molecule has 1 spiro atoms. The molecule has 1 aliphatic carbocycles. The van der Waals surface area contributed by atoms with E-state index in [2.05, 4.69) is 28.6 Å². The molecular formula is C12H17N3. The largest absolute Gasteiger partial charge is 0.382 e. The van der Waals surface area contributed by atoms with Crippen LogP contribution in [-0.4, -0.2) is 17.1 Å². The van der Waals surface area contributed by atoms with Gasteiger partial charge in [-0.3, -0.25) is 0 Å². The minimum absolute atomic E-state index is 0.348. The van der Waals surface area contributed by atoms with Gasteiger partial charge in [-0.2, -0.15) is 0 Å². The van der Waals surface area contributed by atoms with Crippen molar-refractivity contribution in [3.8, 4) is 0 Å². The summed E-state index contributed by atoms with van der Waals surface area (Å²) >= 11 is 0. The summed E-state index contributed by atoms with van der Waals surface area (Å²) in [4.78, 5) is 4.48. The van der Waals surface area contributed by atoms with Crippen molar-refractivity contribution in [2.75, 3.05) is 17.2 Å². The first kappa shape index (κ1) is 9.01. The van der Waals surface area contributed by atoms with Crippen molar-refractivity contribution in [3.63, 3.8) is 0 Å². The fourth-order valence-corrected chi connectivity index (χ4v) is 2.53. The second-order valence-corrected chi connectivity index (χ2v) is 4.84. The first-order chi connectivity index (χ1) is 7.27. The van der Waals surface area contributed by atoms with Gasteiger partial charge in [0.05, 0.1) is 5.69 Å². The number of aromatic nitrogens is 1. The van der Waals surface area contributed by atoms with Crippen LogP contribution in [0.2, 0.25) is 0 Å². The van der Waals surface area contributed by atoms with Crippen molar-refractivity contribution in [3.05, 3.63) is 17.8 Å². The van der Waals surface area contributed by atoms with E-state index < -0.39 is 0 Å². The van der Waals surface area contributed by atoms with Gasteiger partial charge < -0.3 is 10.6 Å². The topological polar surface area (TPSA) is 37.0 Å².